The number of carbonyl (C=O) groups excluding carboxylic acids is 1. The molecule has 1 aliphatic rings. The highest BCUT2D eigenvalue weighted by molar-refractivity contribution is 7.99. The Balaban J connectivity index is 1.58. The first kappa shape index (κ1) is 18.0. The molecular formula is C20H19F2N3OS. The highest BCUT2D eigenvalue weighted by Crippen LogP contribution is 2.32. The lowest BCUT2D eigenvalue weighted by molar-refractivity contribution is 0.0784. The number of carbonyl (C=O) groups is 1. The second-order valence-corrected chi connectivity index (χ2v) is 7.62. The van der Waals surface area contributed by atoms with Crippen molar-refractivity contribution in [1.82, 2.24) is 14.5 Å². The van der Waals surface area contributed by atoms with Crippen molar-refractivity contribution in [2.45, 2.75) is 30.0 Å². The smallest absolute Gasteiger partial charge is 0.288 e. The Bertz CT molecular complexity index is 988. The van der Waals surface area contributed by atoms with Crippen LogP contribution in [0, 0.1) is 6.92 Å². The molecule has 0 saturated carbocycles. The number of aryl methyl sites for hydroxylation is 1. The summed E-state index contributed by atoms with van der Waals surface area (Å²) < 4.78 is 27.8. The number of likely N-dealkylation sites (tertiary alicyclic amines) is 1. The summed E-state index contributed by atoms with van der Waals surface area (Å²) in [6.45, 7) is 3.12. The van der Waals surface area contributed by atoms with Crippen LogP contribution in [0.4, 0.5) is 8.78 Å². The largest absolute Gasteiger partial charge is 0.336 e. The van der Waals surface area contributed by atoms with E-state index in [1.54, 1.807) is 29.2 Å². The lowest BCUT2D eigenvalue weighted by atomic mass is 10.2. The van der Waals surface area contributed by atoms with Crippen molar-refractivity contribution in [2.24, 2.45) is 0 Å². The quantitative estimate of drug-likeness (QED) is 0.607. The van der Waals surface area contributed by atoms with Gasteiger partial charge in [0.25, 0.3) is 11.7 Å². The summed E-state index contributed by atoms with van der Waals surface area (Å²) in [4.78, 5) is 19.6. The van der Waals surface area contributed by atoms with E-state index in [9.17, 15) is 13.6 Å². The Labute approximate surface area is 160 Å². The molecule has 0 bridgehead atoms. The van der Waals surface area contributed by atoms with Crippen LogP contribution in [0.3, 0.4) is 0 Å². The first-order chi connectivity index (χ1) is 13.0. The molecule has 0 aliphatic carbocycles. The third kappa shape index (κ3) is 3.43. The number of imidazole rings is 1. The molecule has 2 heterocycles. The Kier molecular flexibility index (Phi) is 4.86. The first-order valence-corrected chi connectivity index (χ1v) is 9.69. The average Bonchev–Trinajstić information content (AvgIpc) is 3.24. The zero-order chi connectivity index (χ0) is 19.0. The zero-order valence-electron chi connectivity index (χ0n) is 14.8. The van der Waals surface area contributed by atoms with Crippen molar-refractivity contribution >= 4 is 28.7 Å². The van der Waals surface area contributed by atoms with Crippen LogP contribution in [0.15, 0.2) is 53.4 Å². The van der Waals surface area contributed by atoms with Gasteiger partial charge >= 0.3 is 0 Å². The van der Waals surface area contributed by atoms with Crippen LogP contribution in [0.1, 0.15) is 28.6 Å². The summed E-state index contributed by atoms with van der Waals surface area (Å²) in [5.41, 5.74) is 2.34. The van der Waals surface area contributed by atoms with Gasteiger partial charge in [-0.1, -0.05) is 36.0 Å². The van der Waals surface area contributed by atoms with Crippen molar-refractivity contribution in [2.75, 3.05) is 13.1 Å². The van der Waals surface area contributed by atoms with Crippen LogP contribution in [0.25, 0.3) is 11.0 Å². The van der Waals surface area contributed by atoms with Crippen LogP contribution >= 0.6 is 11.8 Å². The van der Waals surface area contributed by atoms with E-state index in [1.807, 2.05) is 31.2 Å². The van der Waals surface area contributed by atoms with Gasteiger partial charge < -0.3 is 9.47 Å². The van der Waals surface area contributed by atoms with E-state index in [1.165, 1.54) is 0 Å². The number of amides is 1. The summed E-state index contributed by atoms with van der Waals surface area (Å²) in [6, 6.07) is 14.7. The summed E-state index contributed by atoms with van der Waals surface area (Å²) in [7, 11) is 0. The van der Waals surface area contributed by atoms with Crippen LogP contribution in [0.2, 0.25) is 0 Å². The van der Waals surface area contributed by atoms with E-state index >= 15 is 0 Å². The van der Waals surface area contributed by atoms with Gasteiger partial charge in [0.15, 0.2) is 0 Å². The lowest BCUT2D eigenvalue weighted by Crippen LogP contribution is -2.29. The Morgan fingerprint density at radius 2 is 1.93 bits per heavy atom. The topological polar surface area (TPSA) is 38.1 Å². The maximum absolute atomic E-state index is 13.0. The van der Waals surface area contributed by atoms with Gasteiger partial charge in [-0.2, -0.15) is 8.78 Å². The number of thioether (sulfide) groups is 1. The van der Waals surface area contributed by atoms with Gasteiger partial charge in [-0.3, -0.25) is 4.79 Å². The summed E-state index contributed by atoms with van der Waals surface area (Å²) >= 11 is 0.419. The predicted octanol–water partition coefficient (Wildman–Crippen LogP) is 4.75. The molecule has 1 aliphatic heterocycles. The molecule has 4 nitrogen and oxygen atoms in total. The number of hydrogen-bond donors (Lipinski definition) is 0. The number of fused-ring (bicyclic) bond motifs is 1. The van der Waals surface area contributed by atoms with Gasteiger partial charge in [0, 0.05) is 18.0 Å². The molecule has 1 atom stereocenters. The molecule has 140 valence electrons. The fourth-order valence-corrected chi connectivity index (χ4v) is 4.41. The van der Waals surface area contributed by atoms with Crippen molar-refractivity contribution in [3.05, 3.63) is 59.9 Å². The second-order valence-electron chi connectivity index (χ2n) is 6.59. The van der Waals surface area contributed by atoms with E-state index in [2.05, 4.69) is 9.55 Å². The number of benzene rings is 2. The SMILES string of the molecule is Cc1nc2ccccc2n1C1CCN(C(=O)c2ccccc2SC(F)F)C1. The number of rotatable bonds is 4. The van der Waals surface area contributed by atoms with Crippen LogP contribution in [0.5, 0.6) is 0 Å². The summed E-state index contributed by atoms with van der Waals surface area (Å²) in [6.07, 6.45) is 0.817. The van der Waals surface area contributed by atoms with Crippen LogP contribution in [-0.2, 0) is 0 Å². The molecule has 1 saturated heterocycles. The molecule has 0 radical (unpaired) electrons. The van der Waals surface area contributed by atoms with E-state index in [0.29, 0.717) is 35.3 Å². The van der Waals surface area contributed by atoms with Crippen molar-refractivity contribution in [3.8, 4) is 0 Å². The predicted molar refractivity (Wildman–Crippen MR) is 102 cm³/mol. The first-order valence-electron chi connectivity index (χ1n) is 8.81. The minimum Gasteiger partial charge on any atom is -0.336 e. The summed E-state index contributed by atoms with van der Waals surface area (Å²) in [5.74, 6) is -1.82. The minimum atomic E-state index is -2.55. The van der Waals surface area contributed by atoms with Crippen molar-refractivity contribution in [1.29, 1.82) is 0 Å². The van der Waals surface area contributed by atoms with E-state index in [0.717, 1.165) is 23.3 Å². The van der Waals surface area contributed by atoms with Gasteiger partial charge in [-0.15, -0.1) is 0 Å². The second kappa shape index (κ2) is 7.31. The lowest BCUT2D eigenvalue weighted by Gasteiger charge is -2.19. The number of halogens is 2. The third-order valence-corrected chi connectivity index (χ3v) is 5.71. The number of nitrogens with zero attached hydrogens (tertiary/aromatic N) is 3. The summed E-state index contributed by atoms with van der Waals surface area (Å²) in [5, 5.41) is 0. The molecule has 4 rings (SSSR count). The standard InChI is InChI=1S/C20H19F2N3OS/c1-13-23-16-7-3-4-8-17(16)25(13)14-10-11-24(12-14)19(26)15-6-2-5-9-18(15)27-20(21)22/h2-9,14,20H,10-12H2,1H3. The van der Waals surface area contributed by atoms with E-state index < -0.39 is 5.76 Å². The van der Waals surface area contributed by atoms with Gasteiger partial charge in [0.2, 0.25) is 0 Å². The number of alkyl halides is 2. The average molecular weight is 387 g/mol. The highest BCUT2D eigenvalue weighted by Gasteiger charge is 2.31. The molecular weight excluding hydrogens is 368 g/mol. The Morgan fingerprint density at radius 1 is 1.19 bits per heavy atom. The number of para-hydroxylation sites is 2. The molecule has 0 N–H and O–H groups in total. The molecule has 1 unspecified atom stereocenters. The third-order valence-electron chi connectivity index (χ3n) is 4.92. The molecule has 2 aromatic carbocycles. The van der Waals surface area contributed by atoms with Crippen LogP contribution in [-0.4, -0.2) is 39.2 Å². The van der Waals surface area contributed by atoms with Gasteiger partial charge in [0.1, 0.15) is 5.82 Å². The van der Waals surface area contributed by atoms with Gasteiger partial charge in [-0.05, 0) is 37.6 Å². The molecule has 1 amide bonds. The molecule has 7 heteroatoms. The number of hydrogen-bond acceptors (Lipinski definition) is 3. The maximum atomic E-state index is 13.0. The Hall–Kier alpha value is -2.41. The van der Waals surface area contributed by atoms with Crippen molar-refractivity contribution < 1.29 is 13.6 Å². The fourth-order valence-electron chi connectivity index (χ4n) is 3.78. The molecule has 27 heavy (non-hydrogen) atoms. The molecule has 0 spiro atoms. The zero-order valence-corrected chi connectivity index (χ0v) is 15.6. The van der Waals surface area contributed by atoms with Gasteiger partial charge in [0.05, 0.1) is 22.6 Å². The van der Waals surface area contributed by atoms with Crippen molar-refractivity contribution in [3.63, 3.8) is 0 Å². The maximum Gasteiger partial charge on any atom is 0.288 e. The minimum absolute atomic E-state index is 0.135. The Morgan fingerprint density at radius 3 is 2.74 bits per heavy atom. The van der Waals surface area contributed by atoms with E-state index in [-0.39, 0.29) is 11.9 Å². The molecule has 1 fully saturated rings. The molecule has 1 aromatic heterocycles. The van der Waals surface area contributed by atoms with Crippen LogP contribution < -0.4 is 0 Å². The number of aromatic nitrogens is 2. The fraction of sp³-hybridized carbons (Fsp3) is 0.300. The highest BCUT2D eigenvalue weighted by atomic mass is 32.2. The van der Waals surface area contributed by atoms with Gasteiger partial charge in [-0.25, -0.2) is 4.98 Å². The normalized spacial score (nSPS) is 17.2. The molecule has 3 aromatic rings. The van der Waals surface area contributed by atoms with E-state index in [4.69, 9.17) is 0 Å². The monoisotopic (exact) mass is 387 g/mol.